The van der Waals surface area contributed by atoms with Crippen molar-refractivity contribution >= 4 is 5.97 Å². The van der Waals surface area contributed by atoms with Crippen molar-refractivity contribution in [2.75, 3.05) is 54.2 Å². The maximum Gasteiger partial charge on any atom is 0.322 e. The van der Waals surface area contributed by atoms with Gasteiger partial charge in [-0.05, 0) is 26.3 Å². The highest BCUT2D eigenvalue weighted by atomic mass is 16.5. The van der Waals surface area contributed by atoms with Gasteiger partial charge in [-0.3, -0.25) is 9.69 Å². The molecule has 0 amide bonds. The summed E-state index contributed by atoms with van der Waals surface area (Å²) in [7, 11) is 4.82. The Balaban J connectivity index is 4.46. The average molecular weight is 304 g/mol. The second-order valence-electron chi connectivity index (χ2n) is 5.15. The van der Waals surface area contributed by atoms with Gasteiger partial charge in [-0.15, -0.1) is 0 Å². The first-order valence-corrected chi connectivity index (χ1v) is 7.63. The van der Waals surface area contributed by atoms with Gasteiger partial charge in [0.2, 0.25) is 0 Å². The van der Waals surface area contributed by atoms with Crippen LogP contribution in [0.4, 0.5) is 0 Å². The van der Waals surface area contributed by atoms with Crippen LogP contribution in [0.2, 0.25) is 0 Å². The largest absolute Gasteiger partial charge is 0.468 e. The molecule has 2 unspecified atom stereocenters. The molecular weight excluding hydrogens is 272 g/mol. The number of nitrogens with one attached hydrogen (secondary N) is 1. The van der Waals surface area contributed by atoms with E-state index in [9.17, 15) is 4.79 Å². The monoisotopic (exact) mass is 304 g/mol. The van der Waals surface area contributed by atoms with Gasteiger partial charge in [-0.25, -0.2) is 0 Å². The highest BCUT2D eigenvalue weighted by molar-refractivity contribution is 5.75. The van der Waals surface area contributed by atoms with Crippen LogP contribution in [0, 0.1) is 0 Å². The van der Waals surface area contributed by atoms with Crippen molar-refractivity contribution in [2.45, 2.75) is 38.8 Å². The normalized spacial score (nSPS) is 14.2. The number of methoxy groups -OCH3 is 3. The first kappa shape index (κ1) is 20.3. The molecule has 126 valence electrons. The Labute approximate surface area is 129 Å². The molecule has 0 fully saturated rings. The highest BCUT2D eigenvalue weighted by Gasteiger charge is 2.21. The Kier molecular flexibility index (Phi) is 12.6. The van der Waals surface area contributed by atoms with Crippen LogP contribution in [0.3, 0.4) is 0 Å². The molecule has 6 heteroatoms. The molecule has 0 radical (unpaired) electrons. The maximum atomic E-state index is 11.8. The van der Waals surface area contributed by atoms with Gasteiger partial charge >= 0.3 is 5.97 Å². The van der Waals surface area contributed by atoms with Gasteiger partial charge in [0.05, 0.1) is 20.3 Å². The van der Waals surface area contributed by atoms with Crippen molar-refractivity contribution in [3.05, 3.63) is 0 Å². The molecule has 0 aromatic carbocycles. The van der Waals surface area contributed by atoms with E-state index in [4.69, 9.17) is 14.2 Å². The molecule has 0 aliphatic carbocycles. The number of hydrogen-bond acceptors (Lipinski definition) is 6. The Morgan fingerprint density at radius 1 is 1.19 bits per heavy atom. The predicted molar refractivity (Wildman–Crippen MR) is 83.5 cm³/mol. The molecule has 0 aliphatic rings. The van der Waals surface area contributed by atoms with Crippen LogP contribution in [0.25, 0.3) is 0 Å². The second-order valence-corrected chi connectivity index (χ2v) is 5.15. The number of carbonyl (C=O) groups excluding carboxylic acids is 1. The summed E-state index contributed by atoms with van der Waals surface area (Å²) in [4.78, 5) is 14.1. The lowest BCUT2D eigenvalue weighted by Crippen LogP contribution is -2.44. The maximum absolute atomic E-state index is 11.8. The van der Waals surface area contributed by atoms with Gasteiger partial charge < -0.3 is 19.5 Å². The second kappa shape index (κ2) is 13.0. The third-order valence-corrected chi connectivity index (χ3v) is 3.45. The fourth-order valence-electron chi connectivity index (χ4n) is 2.17. The predicted octanol–water partition coefficient (Wildman–Crippen LogP) is 0.901. The van der Waals surface area contributed by atoms with Crippen molar-refractivity contribution in [3.8, 4) is 0 Å². The number of carbonyl (C=O) groups is 1. The topological polar surface area (TPSA) is 60.0 Å². The number of nitrogens with zero attached hydrogens (tertiary/aromatic N) is 1. The van der Waals surface area contributed by atoms with Gasteiger partial charge in [0.15, 0.2) is 0 Å². The summed E-state index contributed by atoms with van der Waals surface area (Å²) in [5.74, 6) is -0.200. The molecule has 0 bridgehead atoms. The molecule has 1 N–H and O–H groups in total. The van der Waals surface area contributed by atoms with Gasteiger partial charge in [0, 0.05) is 33.4 Å². The minimum absolute atomic E-state index is 0.200. The molecule has 21 heavy (non-hydrogen) atoms. The Bertz CT molecular complexity index is 264. The summed E-state index contributed by atoms with van der Waals surface area (Å²) < 4.78 is 15.2. The summed E-state index contributed by atoms with van der Waals surface area (Å²) in [6.07, 6.45) is 1.70. The van der Waals surface area contributed by atoms with E-state index in [0.29, 0.717) is 19.6 Å². The fourth-order valence-corrected chi connectivity index (χ4v) is 2.17. The van der Waals surface area contributed by atoms with Crippen molar-refractivity contribution in [3.63, 3.8) is 0 Å². The molecule has 0 saturated carbocycles. The molecule has 2 atom stereocenters. The van der Waals surface area contributed by atoms with Crippen LogP contribution in [-0.4, -0.2) is 77.1 Å². The van der Waals surface area contributed by atoms with Crippen molar-refractivity contribution in [2.24, 2.45) is 0 Å². The Morgan fingerprint density at radius 2 is 1.90 bits per heavy atom. The van der Waals surface area contributed by atoms with Crippen LogP contribution in [-0.2, 0) is 19.0 Å². The third kappa shape index (κ3) is 9.03. The molecule has 0 rings (SSSR count). The lowest BCUT2D eigenvalue weighted by molar-refractivity contribution is -0.143. The molecule has 0 aromatic rings. The zero-order chi connectivity index (χ0) is 16.1. The van der Waals surface area contributed by atoms with Crippen molar-refractivity contribution < 1.29 is 19.0 Å². The smallest absolute Gasteiger partial charge is 0.322 e. The SMILES string of the molecule is CCCNC(CCN(CCOC)C(C)COC)C(=O)OC. The van der Waals surface area contributed by atoms with Crippen LogP contribution in [0.5, 0.6) is 0 Å². The first-order valence-electron chi connectivity index (χ1n) is 7.63. The fraction of sp³-hybridized carbons (Fsp3) is 0.933. The number of rotatable bonds is 13. The molecule has 0 heterocycles. The van der Waals surface area contributed by atoms with Crippen LogP contribution in [0.15, 0.2) is 0 Å². The summed E-state index contributed by atoms with van der Waals surface area (Å²) >= 11 is 0. The van der Waals surface area contributed by atoms with Gasteiger partial charge in [0.1, 0.15) is 6.04 Å². The van der Waals surface area contributed by atoms with E-state index in [1.807, 2.05) is 0 Å². The first-order chi connectivity index (χ1) is 10.1. The van der Waals surface area contributed by atoms with E-state index in [0.717, 1.165) is 26.1 Å². The summed E-state index contributed by atoms with van der Waals surface area (Å²) in [5, 5.41) is 3.24. The van der Waals surface area contributed by atoms with E-state index >= 15 is 0 Å². The van der Waals surface area contributed by atoms with Gasteiger partial charge in [0.25, 0.3) is 0 Å². The number of esters is 1. The van der Waals surface area contributed by atoms with Crippen LogP contribution < -0.4 is 5.32 Å². The van der Waals surface area contributed by atoms with E-state index in [2.05, 4.69) is 24.1 Å². The summed E-state index contributed by atoms with van der Waals surface area (Å²) in [5.41, 5.74) is 0. The molecule has 0 saturated heterocycles. The summed E-state index contributed by atoms with van der Waals surface area (Å²) in [6, 6.07) is 0.0318. The molecule has 0 aliphatic heterocycles. The average Bonchev–Trinajstić information content (AvgIpc) is 2.49. The lowest BCUT2D eigenvalue weighted by atomic mass is 10.1. The number of hydrogen-bond donors (Lipinski definition) is 1. The zero-order valence-corrected chi connectivity index (χ0v) is 14.2. The summed E-state index contributed by atoms with van der Waals surface area (Å²) in [6.45, 7) is 7.95. The standard InChI is InChI=1S/C15H32N2O4/c1-6-8-16-14(15(18)21-5)7-9-17(10-11-19-3)13(2)12-20-4/h13-14,16H,6-12H2,1-5H3. The molecular formula is C15H32N2O4. The van der Waals surface area contributed by atoms with E-state index in [1.165, 1.54) is 7.11 Å². The van der Waals surface area contributed by atoms with Crippen LogP contribution >= 0.6 is 0 Å². The third-order valence-electron chi connectivity index (χ3n) is 3.45. The van der Waals surface area contributed by atoms with E-state index in [1.54, 1.807) is 14.2 Å². The molecule has 0 aromatic heterocycles. The van der Waals surface area contributed by atoms with Crippen LogP contribution in [0.1, 0.15) is 26.7 Å². The highest BCUT2D eigenvalue weighted by Crippen LogP contribution is 2.05. The van der Waals surface area contributed by atoms with Crippen molar-refractivity contribution in [1.29, 1.82) is 0 Å². The minimum Gasteiger partial charge on any atom is -0.468 e. The Morgan fingerprint density at radius 3 is 2.43 bits per heavy atom. The number of ether oxygens (including phenoxy) is 3. The molecule has 0 spiro atoms. The zero-order valence-electron chi connectivity index (χ0n) is 14.2. The van der Waals surface area contributed by atoms with E-state index < -0.39 is 0 Å². The van der Waals surface area contributed by atoms with Gasteiger partial charge in [-0.2, -0.15) is 0 Å². The molecule has 6 nitrogen and oxygen atoms in total. The van der Waals surface area contributed by atoms with Gasteiger partial charge in [-0.1, -0.05) is 6.92 Å². The van der Waals surface area contributed by atoms with Crippen molar-refractivity contribution in [1.82, 2.24) is 10.2 Å². The lowest BCUT2D eigenvalue weighted by Gasteiger charge is -2.29. The minimum atomic E-state index is -0.255. The Hall–Kier alpha value is -0.690. The quantitative estimate of drug-likeness (QED) is 0.510. The van der Waals surface area contributed by atoms with E-state index in [-0.39, 0.29) is 18.1 Å².